The highest BCUT2D eigenvalue weighted by molar-refractivity contribution is 5.93. The van der Waals surface area contributed by atoms with Gasteiger partial charge < -0.3 is 15.2 Å². The number of nitrogens with zero attached hydrogens (tertiary/aromatic N) is 5. The van der Waals surface area contributed by atoms with Gasteiger partial charge in [-0.05, 0) is 31.4 Å². The molecule has 2 N–H and O–H groups in total. The second-order valence-electron chi connectivity index (χ2n) is 8.04. The molecule has 1 aliphatic carbocycles. The van der Waals surface area contributed by atoms with E-state index in [1.807, 2.05) is 73.8 Å². The molecule has 3 heterocycles. The van der Waals surface area contributed by atoms with Crippen LogP contribution < -0.4 is 10.1 Å². The number of nitrogens with one attached hydrogen (secondary N) is 1. The van der Waals surface area contributed by atoms with Crippen LogP contribution in [0.1, 0.15) is 25.3 Å². The second kappa shape index (κ2) is 8.03. The van der Waals surface area contributed by atoms with Crippen LogP contribution >= 0.6 is 0 Å². The molecule has 0 aliphatic heterocycles. The number of aliphatic hydroxyl groups is 1. The number of hydrogen-bond acceptors (Lipinski definition) is 6. The Labute approximate surface area is 180 Å². The second-order valence-corrected chi connectivity index (χ2v) is 8.04. The summed E-state index contributed by atoms with van der Waals surface area (Å²) in [5.41, 5.74) is 2.81. The number of rotatable bonds is 5. The average Bonchev–Trinajstić information content (AvgIpc) is 3.39. The molecule has 1 saturated carbocycles. The molecule has 3 aromatic heterocycles. The van der Waals surface area contributed by atoms with Crippen LogP contribution in [0.3, 0.4) is 0 Å². The smallest absolute Gasteiger partial charge is 0.127 e. The number of fused-ring (bicyclic) bond motifs is 1. The summed E-state index contributed by atoms with van der Waals surface area (Å²) in [5, 5.41) is 24.2. The van der Waals surface area contributed by atoms with Gasteiger partial charge in [0.2, 0.25) is 0 Å². The summed E-state index contributed by atoms with van der Waals surface area (Å²) in [4.78, 5) is 4.49. The van der Waals surface area contributed by atoms with E-state index in [1.165, 1.54) is 0 Å². The first-order valence-electron chi connectivity index (χ1n) is 10.6. The minimum absolute atomic E-state index is 0.0747. The molecule has 1 aromatic carbocycles. The topological polar surface area (TPSA) is 90.0 Å². The maximum absolute atomic E-state index is 10.9. The lowest BCUT2D eigenvalue weighted by molar-refractivity contribution is -0.00946. The zero-order valence-corrected chi connectivity index (χ0v) is 17.6. The van der Waals surface area contributed by atoms with Crippen LogP contribution in [0, 0.1) is 0 Å². The van der Waals surface area contributed by atoms with Crippen molar-refractivity contribution in [3.05, 3.63) is 55.0 Å². The van der Waals surface area contributed by atoms with Crippen molar-refractivity contribution < 1.29 is 9.84 Å². The third-order valence-electron chi connectivity index (χ3n) is 5.93. The molecule has 0 bridgehead atoms. The molecule has 8 heteroatoms. The molecule has 0 saturated heterocycles. The van der Waals surface area contributed by atoms with Crippen molar-refractivity contribution in [3.63, 3.8) is 0 Å². The summed E-state index contributed by atoms with van der Waals surface area (Å²) in [7, 11) is 3.75. The molecule has 1 fully saturated rings. The Morgan fingerprint density at radius 3 is 2.71 bits per heavy atom. The lowest BCUT2D eigenvalue weighted by atomic mass is 9.90. The molecule has 160 valence electrons. The molecule has 3 unspecified atom stereocenters. The minimum atomic E-state index is -0.564. The molecule has 31 heavy (non-hydrogen) atoms. The quantitative estimate of drug-likeness (QED) is 0.516. The standard InChI is InChI=1S/C23H26N6O2/c1-24-22-11-19-18(13-25-22)23(15-12-26-28(2)14-15)27-29(19)16-8-9-21(20(30)10-16)31-17-6-4-3-5-7-17/h3-7,11-14,16,20-21,30H,8-10H2,1-2H3,(H,24,25). The number of benzene rings is 1. The monoisotopic (exact) mass is 418 g/mol. The Kier molecular flexibility index (Phi) is 5.07. The lowest BCUT2D eigenvalue weighted by Crippen LogP contribution is -2.38. The molecule has 0 radical (unpaired) electrons. The molecule has 4 aromatic rings. The fourth-order valence-corrected chi connectivity index (χ4v) is 4.33. The van der Waals surface area contributed by atoms with Crippen LogP contribution in [0.25, 0.3) is 22.2 Å². The van der Waals surface area contributed by atoms with Gasteiger partial charge in [-0.3, -0.25) is 9.36 Å². The molecule has 8 nitrogen and oxygen atoms in total. The maximum atomic E-state index is 10.9. The van der Waals surface area contributed by atoms with Crippen LogP contribution in [-0.2, 0) is 7.05 Å². The van der Waals surface area contributed by atoms with Crippen molar-refractivity contribution in [2.75, 3.05) is 12.4 Å². The summed E-state index contributed by atoms with van der Waals surface area (Å²) in [6, 6.07) is 11.8. The summed E-state index contributed by atoms with van der Waals surface area (Å²) < 4.78 is 9.86. The van der Waals surface area contributed by atoms with E-state index in [-0.39, 0.29) is 12.1 Å². The normalized spacial score (nSPS) is 21.3. The highest BCUT2D eigenvalue weighted by Gasteiger charge is 2.33. The molecule has 5 rings (SSSR count). The van der Waals surface area contributed by atoms with E-state index in [0.717, 1.165) is 46.6 Å². The van der Waals surface area contributed by atoms with Crippen molar-refractivity contribution in [1.29, 1.82) is 0 Å². The largest absolute Gasteiger partial charge is 0.488 e. The summed E-state index contributed by atoms with van der Waals surface area (Å²) in [6.07, 6.45) is 7.06. The maximum Gasteiger partial charge on any atom is 0.127 e. The molecule has 0 amide bonds. The van der Waals surface area contributed by atoms with E-state index in [2.05, 4.69) is 15.4 Å². The Morgan fingerprint density at radius 1 is 1.16 bits per heavy atom. The SMILES string of the molecule is CNc1cc2c(cn1)c(-c1cnn(C)c1)nn2C1CCC(Oc2ccccc2)C(O)C1. The van der Waals surface area contributed by atoms with Gasteiger partial charge in [-0.2, -0.15) is 10.2 Å². The summed E-state index contributed by atoms with van der Waals surface area (Å²) in [6.45, 7) is 0. The van der Waals surface area contributed by atoms with Gasteiger partial charge in [-0.25, -0.2) is 4.98 Å². The number of aliphatic hydroxyl groups excluding tert-OH is 1. The van der Waals surface area contributed by atoms with Crippen LogP contribution in [0.15, 0.2) is 55.0 Å². The summed E-state index contributed by atoms with van der Waals surface area (Å²) in [5.74, 6) is 1.58. The highest BCUT2D eigenvalue weighted by atomic mass is 16.5. The van der Waals surface area contributed by atoms with Crippen LogP contribution in [0.5, 0.6) is 5.75 Å². The number of ether oxygens (including phenoxy) is 1. The Morgan fingerprint density at radius 2 is 2.00 bits per heavy atom. The van der Waals surface area contributed by atoms with Crippen molar-refractivity contribution in [3.8, 4) is 17.0 Å². The van der Waals surface area contributed by atoms with Gasteiger partial charge >= 0.3 is 0 Å². The first kappa shape index (κ1) is 19.6. The lowest BCUT2D eigenvalue weighted by Gasteiger charge is -2.33. The van der Waals surface area contributed by atoms with Crippen molar-refractivity contribution in [2.24, 2.45) is 7.05 Å². The van der Waals surface area contributed by atoms with Gasteiger partial charge in [0.05, 0.1) is 23.9 Å². The van der Waals surface area contributed by atoms with Gasteiger partial charge in [-0.15, -0.1) is 0 Å². The Hall–Kier alpha value is -3.39. The number of hydrogen-bond donors (Lipinski definition) is 2. The van der Waals surface area contributed by atoms with E-state index in [4.69, 9.17) is 9.84 Å². The average molecular weight is 419 g/mol. The highest BCUT2D eigenvalue weighted by Crippen LogP contribution is 2.36. The van der Waals surface area contributed by atoms with Gasteiger partial charge in [0.25, 0.3) is 0 Å². The number of aromatic nitrogens is 5. The number of para-hydroxylation sites is 1. The minimum Gasteiger partial charge on any atom is -0.488 e. The predicted molar refractivity (Wildman–Crippen MR) is 119 cm³/mol. The van der Waals surface area contributed by atoms with Crippen LogP contribution in [0.2, 0.25) is 0 Å². The van der Waals surface area contributed by atoms with Crippen molar-refractivity contribution in [2.45, 2.75) is 37.5 Å². The molecule has 3 atom stereocenters. The predicted octanol–water partition coefficient (Wildman–Crippen LogP) is 3.41. The van der Waals surface area contributed by atoms with Gasteiger partial charge in [0, 0.05) is 43.5 Å². The third kappa shape index (κ3) is 3.74. The fraction of sp³-hybridized carbons (Fsp3) is 0.348. The molecular formula is C23H26N6O2. The van der Waals surface area contributed by atoms with Gasteiger partial charge in [0.15, 0.2) is 0 Å². The number of aryl methyl sites for hydroxylation is 1. The van der Waals surface area contributed by atoms with E-state index in [0.29, 0.717) is 6.42 Å². The molecular weight excluding hydrogens is 392 g/mol. The van der Waals surface area contributed by atoms with E-state index >= 15 is 0 Å². The molecule has 1 aliphatic rings. The van der Waals surface area contributed by atoms with Crippen LogP contribution in [0.4, 0.5) is 5.82 Å². The Balaban J connectivity index is 1.46. The fourth-order valence-electron chi connectivity index (χ4n) is 4.33. The van der Waals surface area contributed by atoms with Gasteiger partial charge in [0.1, 0.15) is 23.4 Å². The van der Waals surface area contributed by atoms with Gasteiger partial charge in [-0.1, -0.05) is 18.2 Å². The summed E-state index contributed by atoms with van der Waals surface area (Å²) >= 11 is 0. The van der Waals surface area contributed by atoms with Crippen molar-refractivity contribution >= 4 is 16.7 Å². The number of anilines is 1. The third-order valence-corrected chi connectivity index (χ3v) is 5.93. The first-order chi connectivity index (χ1) is 15.1. The zero-order valence-electron chi connectivity index (χ0n) is 17.6. The van der Waals surface area contributed by atoms with E-state index in [1.54, 1.807) is 4.68 Å². The van der Waals surface area contributed by atoms with Crippen LogP contribution in [-0.4, -0.2) is 48.9 Å². The van der Waals surface area contributed by atoms with E-state index < -0.39 is 6.10 Å². The first-order valence-corrected chi connectivity index (χ1v) is 10.6. The van der Waals surface area contributed by atoms with Crippen molar-refractivity contribution in [1.82, 2.24) is 24.5 Å². The molecule has 0 spiro atoms. The van der Waals surface area contributed by atoms with E-state index in [9.17, 15) is 5.11 Å². The zero-order chi connectivity index (χ0) is 21.4. The number of pyridine rings is 1. The Bertz CT molecular complexity index is 1190.